The second kappa shape index (κ2) is 9.46. The van der Waals surface area contributed by atoms with Crippen molar-refractivity contribution in [3.8, 4) is 0 Å². The average Bonchev–Trinajstić information content (AvgIpc) is 2.46. The Kier molecular flexibility index (Phi) is 8.29. The summed E-state index contributed by atoms with van der Waals surface area (Å²) in [4.78, 5) is 13.9. The molecule has 0 bridgehead atoms. The number of amides is 1. The van der Waals surface area contributed by atoms with E-state index in [-0.39, 0.29) is 34.6 Å². The molecule has 0 atom stereocenters. The molecule has 0 saturated carbocycles. The van der Waals surface area contributed by atoms with Crippen LogP contribution in [0.3, 0.4) is 0 Å². The second-order valence-electron chi connectivity index (χ2n) is 5.66. The van der Waals surface area contributed by atoms with Crippen LogP contribution in [0.15, 0.2) is 18.2 Å². The van der Waals surface area contributed by atoms with Crippen LogP contribution in [0.4, 0.5) is 5.69 Å². The van der Waals surface area contributed by atoms with E-state index in [1.165, 1.54) is 0 Å². The highest BCUT2D eigenvalue weighted by Crippen LogP contribution is 2.33. The Balaban J connectivity index is 2.69. The summed E-state index contributed by atoms with van der Waals surface area (Å²) < 4.78 is 25.2. The molecule has 0 fully saturated rings. The summed E-state index contributed by atoms with van der Waals surface area (Å²) >= 11 is 12.0. The molecule has 0 saturated heterocycles. The van der Waals surface area contributed by atoms with Gasteiger partial charge in [-0.15, -0.1) is 0 Å². The quantitative estimate of drug-likeness (QED) is 0.650. The van der Waals surface area contributed by atoms with Gasteiger partial charge in [0.05, 0.1) is 22.0 Å². The zero-order valence-corrected chi connectivity index (χ0v) is 16.4. The first-order valence-electron chi connectivity index (χ1n) is 7.46. The number of anilines is 1. The van der Waals surface area contributed by atoms with Crippen LogP contribution in [-0.2, 0) is 14.8 Å². The minimum Gasteiger partial charge on any atom is -0.356 e. The second-order valence-corrected chi connectivity index (χ2v) is 8.36. The number of hydrogen-bond donors (Lipinski definition) is 1. The molecule has 1 aromatic carbocycles. The lowest BCUT2D eigenvalue weighted by molar-refractivity contribution is -0.120. The molecule has 0 aliphatic rings. The number of halogens is 2. The van der Waals surface area contributed by atoms with E-state index in [0.717, 1.165) is 23.5 Å². The van der Waals surface area contributed by atoms with Crippen molar-refractivity contribution in [3.05, 3.63) is 28.2 Å². The Bertz CT molecular complexity index is 666. The Morgan fingerprint density at radius 3 is 2.46 bits per heavy atom. The molecule has 9 heteroatoms. The van der Waals surface area contributed by atoms with Gasteiger partial charge in [0.1, 0.15) is 0 Å². The van der Waals surface area contributed by atoms with E-state index in [9.17, 15) is 13.2 Å². The highest BCUT2D eigenvalue weighted by Gasteiger charge is 2.21. The predicted molar refractivity (Wildman–Crippen MR) is 99.4 cm³/mol. The van der Waals surface area contributed by atoms with Gasteiger partial charge >= 0.3 is 0 Å². The van der Waals surface area contributed by atoms with Crippen LogP contribution in [-0.4, -0.2) is 59.2 Å². The fourth-order valence-corrected chi connectivity index (χ4v) is 3.44. The van der Waals surface area contributed by atoms with Gasteiger partial charge in [0.15, 0.2) is 0 Å². The van der Waals surface area contributed by atoms with Crippen LogP contribution >= 0.6 is 23.2 Å². The highest BCUT2D eigenvalue weighted by molar-refractivity contribution is 7.92. The molecular weight excluding hydrogens is 373 g/mol. The van der Waals surface area contributed by atoms with Gasteiger partial charge in [-0.3, -0.25) is 9.10 Å². The standard InChI is InChI=1S/C15H23Cl2N3O3S/c1-19(2)10-5-9-18-14(21)8-11-20(24(3,22)23)13-7-4-6-12(16)15(13)17/h4,6-7H,5,8-11H2,1-3H3,(H,18,21). The molecule has 0 aliphatic heterocycles. The predicted octanol–water partition coefficient (Wildman–Crippen LogP) is 2.22. The van der Waals surface area contributed by atoms with Crippen LogP contribution < -0.4 is 9.62 Å². The van der Waals surface area contributed by atoms with E-state index in [1.807, 2.05) is 19.0 Å². The molecule has 24 heavy (non-hydrogen) atoms. The lowest BCUT2D eigenvalue weighted by Crippen LogP contribution is -2.35. The fraction of sp³-hybridized carbons (Fsp3) is 0.533. The average molecular weight is 396 g/mol. The van der Waals surface area contributed by atoms with Crippen LogP contribution in [0.5, 0.6) is 0 Å². The number of hydrogen-bond acceptors (Lipinski definition) is 4. The number of sulfonamides is 1. The molecule has 1 rings (SSSR count). The maximum atomic E-state index is 12.0. The van der Waals surface area contributed by atoms with E-state index in [2.05, 4.69) is 5.32 Å². The number of nitrogens with one attached hydrogen (secondary N) is 1. The van der Waals surface area contributed by atoms with Gasteiger partial charge in [-0.2, -0.15) is 0 Å². The van der Waals surface area contributed by atoms with Gasteiger partial charge in [0, 0.05) is 19.5 Å². The van der Waals surface area contributed by atoms with Crippen LogP contribution in [0.25, 0.3) is 0 Å². The number of rotatable bonds is 9. The molecular formula is C15H23Cl2N3O3S. The molecule has 0 spiro atoms. The topological polar surface area (TPSA) is 69.7 Å². The summed E-state index contributed by atoms with van der Waals surface area (Å²) in [6.45, 7) is 1.42. The van der Waals surface area contributed by atoms with Crippen molar-refractivity contribution >= 4 is 44.8 Å². The van der Waals surface area contributed by atoms with E-state index in [1.54, 1.807) is 18.2 Å². The SMILES string of the molecule is CN(C)CCCNC(=O)CCN(c1cccc(Cl)c1Cl)S(C)(=O)=O. The third-order valence-corrected chi connectivity index (χ3v) is 5.24. The number of nitrogens with zero attached hydrogens (tertiary/aromatic N) is 2. The van der Waals surface area contributed by atoms with Crippen LogP contribution in [0, 0.1) is 0 Å². The van der Waals surface area contributed by atoms with Crippen molar-refractivity contribution in [2.45, 2.75) is 12.8 Å². The van der Waals surface area contributed by atoms with Crippen molar-refractivity contribution in [1.29, 1.82) is 0 Å². The molecule has 0 heterocycles. The molecule has 0 unspecified atom stereocenters. The van der Waals surface area contributed by atoms with Gasteiger partial charge in [-0.25, -0.2) is 8.42 Å². The van der Waals surface area contributed by atoms with Gasteiger partial charge < -0.3 is 10.2 Å². The van der Waals surface area contributed by atoms with E-state index in [4.69, 9.17) is 23.2 Å². The zero-order chi connectivity index (χ0) is 18.3. The number of benzene rings is 1. The van der Waals surface area contributed by atoms with Gasteiger partial charge in [-0.1, -0.05) is 29.3 Å². The van der Waals surface area contributed by atoms with Gasteiger partial charge in [0.25, 0.3) is 0 Å². The highest BCUT2D eigenvalue weighted by atomic mass is 35.5. The van der Waals surface area contributed by atoms with Crippen molar-refractivity contribution < 1.29 is 13.2 Å². The smallest absolute Gasteiger partial charge is 0.232 e. The minimum absolute atomic E-state index is 0.00158. The largest absolute Gasteiger partial charge is 0.356 e. The van der Waals surface area contributed by atoms with E-state index < -0.39 is 10.0 Å². The summed E-state index contributed by atoms with van der Waals surface area (Å²) in [5.74, 6) is -0.208. The fourth-order valence-electron chi connectivity index (χ4n) is 2.06. The summed E-state index contributed by atoms with van der Waals surface area (Å²) in [5, 5.41) is 3.19. The first kappa shape index (κ1) is 21.0. The maximum absolute atomic E-state index is 12.0. The van der Waals surface area contributed by atoms with Crippen molar-refractivity contribution in [2.75, 3.05) is 44.3 Å². The lowest BCUT2D eigenvalue weighted by Gasteiger charge is -2.23. The Labute approximate surface area is 153 Å². The summed E-state index contributed by atoms with van der Waals surface area (Å²) in [7, 11) is 0.332. The Hall–Kier alpha value is -1.02. The molecule has 1 N–H and O–H groups in total. The molecule has 0 radical (unpaired) electrons. The lowest BCUT2D eigenvalue weighted by atomic mass is 10.3. The van der Waals surface area contributed by atoms with Gasteiger partial charge in [-0.05, 0) is 39.2 Å². The first-order chi connectivity index (χ1) is 11.1. The first-order valence-corrected chi connectivity index (χ1v) is 10.1. The van der Waals surface area contributed by atoms with Gasteiger partial charge in [0.2, 0.25) is 15.9 Å². The Morgan fingerprint density at radius 1 is 1.21 bits per heavy atom. The van der Waals surface area contributed by atoms with Crippen LogP contribution in [0.2, 0.25) is 10.0 Å². The summed E-state index contributed by atoms with van der Waals surface area (Å²) in [5.41, 5.74) is 0.270. The molecule has 6 nitrogen and oxygen atoms in total. The third kappa shape index (κ3) is 6.84. The molecule has 1 amide bonds. The summed E-state index contributed by atoms with van der Waals surface area (Å²) in [6, 6.07) is 4.75. The Morgan fingerprint density at radius 2 is 1.88 bits per heavy atom. The molecule has 136 valence electrons. The normalized spacial score (nSPS) is 11.6. The number of carbonyl (C=O) groups is 1. The number of carbonyl (C=O) groups excluding carboxylic acids is 1. The third-order valence-electron chi connectivity index (χ3n) is 3.25. The van der Waals surface area contributed by atoms with Crippen LogP contribution in [0.1, 0.15) is 12.8 Å². The summed E-state index contributed by atoms with van der Waals surface area (Å²) in [6.07, 6.45) is 1.94. The maximum Gasteiger partial charge on any atom is 0.232 e. The molecule has 1 aromatic rings. The van der Waals surface area contributed by atoms with Crippen molar-refractivity contribution in [2.24, 2.45) is 0 Å². The van der Waals surface area contributed by atoms with E-state index >= 15 is 0 Å². The monoisotopic (exact) mass is 395 g/mol. The molecule has 0 aliphatic carbocycles. The molecule has 0 aromatic heterocycles. The van der Waals surface area contributed by atoms with Crippen molar-refractivity contribution in [1.82, 2.24) is 10.2 Å². The van der Waals surface area contributed by atoms with E-state index in [0.29, 0.717) is 6.54 Å². The van der Waals surface area contributed by atoms with Crippen molar-refractivity contribution in [3.63, 3.8) is 0 Å². The zero-order valence-electron chi connectivity index (χ0n) is 14.1. The minimum atomic E-state index is -3.59.